The number of piperidine rings is 1. The highest BCUT2D eigenvalue weighted by atomic mass is 35.5. The van der Waals surface area contributed by atoms with Crippen LogP contribution in [0.25, 0.3) is 21.3 Å². The SMILES string of the molecule is O=S(=O)(NOC1CCN(c2nc3ccc(Cl)cc3s2)CC1)c1ncccc1-c1ccccc1. The number of rotatable bonds is 6. The van der Waals surface area contributed by atoms with Crippen LogP contribution in [0.3, 0.4) is 0 Å². The lowest BCUT2D eigenvalue weighted by Crippen LogP contribution is -2.40. The number of hydrogen-bond acceptors (Lipinski definition) is 7. The van der Waals surface area contributed by atoms with Crippen LogP contribution in [-0.2, 0) is 14.9 Å². The van der Waals surface area contributed by atoms with Gasteiger partial charge in [0.2, 0.25) is 0 Å². The Morgan fingerprint density at radius 3 is 2.64 bits per heavy atom. The number of nitrogens with one attached hydrogen (secondary N) is 1. The highest BCUT2D eigenvalue weighted by molar-refractivity contribution is 7.89. The Morgan fingerprint density at radius 1 is 1.06 bits per heavy atom. The normalized spacial score (nSPS) is 15.2. The van der Waals surface area contributed by atoms with Gasteiger partial charge in [-0.15, -0.1) is 0 Å². The number of benzene rings is 2. The van der Waals surface area contributed by atoms with Crippen molar-refractivity contribution in [1.29, 1.82) is 0 Å². The zero-order chi connectivity index (χ0) is 22.8. The van der Waals surface area contributed by atoms with Gasteiger partial charge >= 0.3 is 0 Å². The first-order chi connectivity index (χ1) is 16.0. The van der Waals surface area contributed by atoms with Gasteiger partial charge in [-0.2, -0.15) is 0 Å². The third-order valence-corrected chi connectivity index (χ3v) is 7.95. The molecule has 1 aliphatic rings. The molecule has 7 nitrogen and oxygen atoms in total. The smallest absolute Gasteiger partial charge is 0.280 e. The molecule has 1 saturated heterocycles. The number of sulfonamides is 1. The second kappa shape index (κ2) is 9.36. The molecule has 3 heterocycles. The van der Waals surface area contributed by atoms with E-state index in [1.165, 1.54) is 6.20 Å². The number of pyridine rings is 1. The molecular weight excluding hydrogens is 480 g/mol. The lowest BCUT2D eigenvalue weighted by molar-refractivity contribution is 0.00354. The van der Waals surface area contributed by atoms with Gasteiger partial charge in [-0.25, -0.2) is 18.4 Å². The Labute approximate surface area is 201 Å². The number of hydrogen-bond donors (Lipinski definition) is 1. The van der Waals surface area contributed by atoms with Crippen LogP contribution >= 0.6 is 22.9 Å². The van der Waals surface area contributed by atoms with Gasteiger partial charge in [0, 0.05) is 29.9 Å². The van der Waals surface area contributed by atoms with Crippen molar-refractivity contribution < 1.29 is 13.3 Å². The van der Waals surface area contributed by atoms with Crippen LogP contribution in [0.5, 0.6) is 0 Å². The van der Waals surface area contributed by atoms with Gasteiger partial charge in [-0.1, -0.05) is 58.2 Å². The molecule has 2 aromatic carbocycles. The quantitative estimate of drug-likeness (QED) is 0.379. The van der Waals surface area contributed by atoms with Crippen molar-refractivity contribution >= 4 is 48.3 Å². The average Bonchev–Trinajstić information content (AvgIpc) is 3.27. The first kappa shape index (κ1) is 22.2. The van der Waals surface area contributed by atoms with E-state index in [1.54, 1.807) is 23.5 Å². The molecule has 1 N–H and O–H groups in total. The van der Waals surface area contributed by atoms with E-state index in [9.17, 15) is 8.42 Å². The summed E-state index contributed by atoms with van der Waals surface area (Å²) in [6, 6.07) is 18.4. The molecule has 2 aromatic heterocycles. The van der Waals surface area contributed by atoms with Crippen LogP contribution in [0.2, 0.25) is 5.02 Å². The average molecular weight is 501 g/mol. The molecule has 0 aliphatic carbocycles. The molecule has 0 saturated carbocycles. The van der Waals surface area contributed by atoms with E-state index in [0.717, 1.165) is 34.0 Å². The zero-order valence-corrected chi connectivity index (χ0v) is 19.9. The van der Waals surface area contributed by atoms with Gasteiger partial charge in [-0.3, -0.25) is 4.84 Å². The van der Waals surface area contributed by atoms with Crippen molar-refractivity contribution in [3.63, 3.8) is 0 Å². The van der Waals surface area contributed by atoms with Gasteiger partial charge in [0.15, 0.2) is 10.2 Å². The van der Waals surface area contributed by atoms with Gasteiger partial charge in [0.05, 0.1) is 16.3 Å². The number of anilines is 1. The first-order valence-corrected chi connectivity index (χ1v) is 13.2. The maximum Gasteiger partial charge on any atom is 0.280 e. The summed E-state index contributed by atoms with van der Waals surface area (Å²) in [5, 5.41) is 1.58. The van der Waals surface area contributed by atoms with Crippen LogP contribution in [0, 0.1) is 0 Å². The van der Waals surface area contributed by atoms with E-state index in [1.807, 2.05) is 48.5 Å². The molecule has 5 rings (SSSR count). The van der Waals surface area contributed by atoms with E-state index >= 15 is 0 Å². The Hall–Kier alpha value is -2.56. The second-order valence-electron chi connectivity index (χ2n) is 7.72. The maximum atomic E-state index is 13.0. The molecule has 4 aromatic rings. The number of aromatic nitrogens is 2. The lowest BCUT2D eigenvalue weighted by Gasteiger charge is -2.31. The van der Waals surface area contributed by atoms with Crippen molar-refractivity contribution in [3.05, 3.63) is 71.9 Å². The summed E-state index contributed by atoms with van der Waals surface area (Å²) < 4.78 is 27.0. The third kappa shape index (κ3) is 4.87. The molecule has 0 bridgehead atoms. The first-order valence-electron chi connectivity index (χ1n) is 10.5. The molecule has 170 valence electrons. The summed E-state index contributed by atoms with van der Waals surface area (Å²) in [6.07, 6.45) is 2.58. The van der Waals surface area contributed by atoms with Crippen LogP contribution in [0.15, 0.2) is 71.9 Å². The van der Waals surface area contributed by atoms with E-state index in [-0.39, 0.29) is 11.1 Å². The highest BCUT2D eigenvalue weighted by Gasteiger charge is 2.26. The molecule has 10 heteroatoms. The van der Waals surface area contributed by atoms with Gasteiger partial charge < -0.3 is 4.90 Å². The minimum atomic E-state index is -3.95. The molecule has 0 amide bonds. The minimum absolute atomic E-state index is 0.0539. The number of nitrogens with zero attached hydrogens (tertiary/aromatic N) is 3. The molecule has 1 fully saturated rings. The lowest BCUT2D eigenvalue weighted by atomic mass is 10.1. The molecule has 0 atom stereocenters. The summed E-state index contributed by atoms with van der Waals surface area (Å²) in [7, 11) is -3.95. The Bertz CT molecular complexity index is 1370. The Kier molecular flexibility index (Phi) is 6.31. The Balaban J connectivity index is 1.23. The van der Waals surface area contributed by atoms with E-state index in [4.69, 9.17) is 21.4 Å². The standard InChI is InChI=1S/C23H21ClN4O3S2/c24-17-8-9-20-21(15-17)32-23(26-20)28-13-10-18(11-14-28)31-27-33(29,30)22-19(7-4-12-25-22)16-5-2-1-3-6-16/h1-9,12,15,18,27H,10-11,13-14H2. The van der Waals surface area contributed by atoms with E-state index in [2.05, 4.69) is 14.8 Å². The van der Waals surface area contributed by atoms with Gasteiger partial charge in [0.25, 0.3) is 10.0 Å². The summed E-state index contributed by atoms with van der Waals surface area (Å²) in [5.74, 6) is 0. The number of halogens is 1. The van der Waals surface area contributed by atoms with Crippen LogP contribution < -0.4 is 9.79 Å². The minimum Gasteiger partial charge on any atom is -0.348 e. The molecule has 33 heavy (non-hydrogen) atoms. The monoisotopic (exact) mass is 500 g/mol. The van der Waals surface area contributed by atoms with Crippen LogP contribution in [0.1, 0.15) is 12.8 Å². The summed E-state index contributed by atoms with van der Waals surface area (Å²) in [5.41, 5.74) is 2.23. The number of thiazole rings is 1. The Morgan fingerprint density at radius 2 is 1.85 bits per heavy atom. The van der Waals surface area contributed by atoms with Crippen LogP contribution in [0.4, 0.5) is 5.13 Å². The largest absolute Gasteiger partial charge is 0.348 e. The maximum absolute atomic E-state index is 13.0. The van der Waals surface area contributed by atoms with Crippen molar-refractivity contribution in [2.75, 3.05) is 18.0 Å². The highest BCUT2D eigenvalue weighted by Crippen LogP contribution is 2.32. The topological polar surface area (TPSA) is 84.4 Å². The van der Waals surface area contributed by atoms with Crippen molar-refractivity contribution in [1.82, 2.24) is 14.9 Å². The van der Waals surface area contributed by atoms with E-state index < -0.39 is 10.0 Å². The summed E-state index contributed by atoms with van der Waals surface area (Å²) >= 11 is 7.68. The van der Waals surface area contributed by atoms with Crippen LogP contribution in [-0.4, -0.2) is 37.6 Å². The predicted octanol–water partition coefficient (Wildman–Crippen LogP) is 4.89. The molecule has 0 radical (unpaired) electrons. The predicted molar refractivity (Wildman–Crippen MR) is 131 cm³/mol. The molecule has 1 aliphatic heterocycles. The van der Waals surface area contributed by atoms with Crippen molar-refractivity contribution in [2.45, 2.75) is 24.0 Å². The fraction of sp³-hybridized carbons (Fsp3) is 0.217. The molecular formula is C23H21ClN4O3S2. The third-order valence-electron chi connectivity index (χ3n) is 5.49. The molecule has 0 spiro atoms. The zero-order valence-electron chi connectivity index (χ0n) is 17.5. The molecule has 0 unspecified atom stereocenters. The van der Waals surface area contributed by atoms with Gasteiger partial charge in [-0.05, 0) is 48.7 Å². The summed E-state index contributed by atoms with van der Waals surface area (Å²) in [4.78, 5) is 18.9. The summed E-state index contributed by atoms with van der Waals surface area (Å²) in [6.45, 7) is 1.44. The fourth-order valence-corrected chi connectivity index (χ4v) is 6.11. The van der Waals surface area contributed by atoms with Crippen molar-refractivity contribution in [3.8, 4) is 11.1 Å². The van der Waals surface area contributed by atoms with Crippen molar-refractivity contribution in [2.24, 2.45) is 0 Å². The number of fused-ring (bicyclic) bond motifs is 1. The van der Waals surface area contributed by atoms with Gasteiger partial charge in [0.1, 0.15) is 0 Å². The fourth-order valence-electron chi connectivity index (χ4n) is 3.80. The second-order valence-corrected chi connectivity index (χ2v) is 10.7. The van der Waals surface area contributed by atoms with E-state index in [0.29, 0.717) is 23.4 Å².